The predicted octanol–water partition coefficient (Wildman–Crippen LogP) is 6.65. The number of para-hydroxylation sites is 1. The topological polar surface area (TPSA) is 86.8 Å². The summed E-state index contributed by atoms with van der Waals surface area (Å²) in [5.74, 6) is -0.862. The number of halogens is 1. The number of rotatable bonds is 12. The third-order valence-electron chi connectivity index (χ3n) is 7.26. The van der Waals surface area contributed by atoms with Crippen molar-refractivity contribution in [2.75, 3.05) is 10.8 Å². The van der Waals surface area contributed by atoms with E-state index in [1.54, 1.807) is 48.5 Å². The molecule has 9 heteroatoms. The summed E-state index contributed by atoms with van der Waals surface area (Å²) in [7, 11) is -4.16. The first kappa shape index (κ1) is 33.7. The first-order valence-corrected chi connectivity index (χ1v) is 16.8. The maximum atomic E-state index is 14.6. The van der Waals surface area contributed by atoms with Gasteiger partial charge in [-0.3, -0.25) is 13.9 Å². The lowest BCUT2D eigenvalue weighted by molar-refractivity contribution is -0.140. The Morgan fingerprint density at radius 2 is 1.42 bits per heavy atom. The number of sulfonamides is 1. The first-order valence-electron chi connectivity index (χ1n) is 14.9. The molecule has 236 valence electrons. The molecule has 0 saturated carbocycles. The number of carbonyl (C=O) groups excluding carboxylic acids is 2. The van der Waals surface area contributed by atoms with Crippen molar-refractivity contribution in [3.05, 3.63) is 131 Å². The highest BCUT2D eigenvalue weighted by Crippen LogP contribution is 2.28. The largest absolute Gasteiger partial charge is 0.350 e. The van der Waals surface area contributed by atoms with E-state index in [0.29, 0.717) is 22.7 Å². The van der Waals surface area contributed by atoms with Crippen LogP contribution in [0.1, 0.15) is 44.4 Å². The van der Waals surface area contributed by atoms with Gasteiger partial charge in [-0.15, -0.1) is 0 Å². The van der Waals surface area contributed by atoms with E-state index in [0.717, 1.165) is 15.4 Å². The molecular weight excluding hydrogens is 606 g/mol. The van der Waals surface area contributed by atoms with Crippen LogP contribution in [-0.2, 0) is 39.0 Å². The molecule has 45 heavy (non-hydrogen) atoms. The Kier molecular flexibility index (Phi) is 11.1. The Morgan fingerprint density at radius 1 is 0.822 bits per heavy atom. The van der Waals surface area contributed by atoms with Crippen molar-refractivity contribution in [1.29, 1.82) is 0 Å². The molecule has 0 bridgehead atoms. The van der Waals surface area contributed by atoms with Gasteiger partial charge in [0.25, 0.3) is 10.0 Å². The molecule has 1 atom stereocenters. The number of nitrogens with one attached hydrogen (secondary N) is 1. The van der Waals surface area contributed by atoms with Crippen molar-refractivity contribution in [3.63, 3.8) is 0 Å². The Balaban J connectivity index is 1.84. The Morgan fingerprint density at radius 3 is 2.04 bits per heavy atom. The van der Waals surface area contributed by atoms with E-state index in [9.17, 15) is 18.0 Å². The van der Waals surface area contributed by atoms with Crippen LogP contribution in [0.2, 0.25) is 5.02 Å². The highest BCUT2D eigenvalue weighted by Gasteiger charge is 2.36. The number of hydrogen-bond acceptors (Lipinski definition) is 4. The summed E-state index contributed by atoms with van der Waals surface area (Å²) in [6.45, 7) is 7.11. The lowest BCUT2D eigenvalue weighted by atomic mass is 10.0. The molecule has 4 aromatic carbocycles. The van der Waals surface area contributed by atoms with Crippen LogP contribution in [-0.4, -0.2) is 43.3 Å². The Bertz CT molecular complexity index is 1710. The van der Waals surface area contributed by atoms with E-state index >= 15 is 0 Å². The van der Waals surface area contributed by atoms with Crippen LogP contribution >= 0.6 is 11.6 Å². The van der Waals surface area contributed by atoms with Gasteiger partial charge >= 0.3 is 0 Å². The van der Waals surface area contributed by atoms with Gasteiger partial charge in [0.05, 0.1) is 10.6 Å². The van der Waals surface area contributed by atoms with Gasteiger partial charge < -0.3 is 10.2 Å². The van der Waals surface area contributed by atoms with Crippen LogP contribution in [0.4, 0.5) is 5.69 Å². The van der Waals surface area contributed by atoms with Gasteiger partial charge in [0, 0.05) is 23.5 Å². The average Bonchev–Trinajstić information content (AvgIpc) is 3.01. The average molecular weight is 646 g/mol. The smallest absolute Gasteiger partial charge is 0.264 e. The van der Waals surface area contributed by atoms with Crippen molar-refractivity contribution in [2.45, 2.75) is 63.6 Å². The van der Waals surface area contributed by atoms with Gasteiger partial charge in [-0.05, 0) is 74.2 Å². The fourth-order valence-corrected chi connectivity index (χ4v) is 6.81. The van der Waals surface area contributed by atoms with Crippen molar-refractivity contribution in [1.82, 2.24) is 10.2 Å². The minimum Gasteiger partial charge on any atom is -0.350 e. The minimum absolute atomic E-state index is 0.0447. The molecule has 0 aliphatic heterocycles. The summed E-state index contributed by atoms with van der Waals surface area (Å²) in [5.41, 5.74) is 2.19. The molecule has 1 N–H and O–H groups in total. The molecule has 7 nitrogen and oxygen atoms in total. The van der Waals surface area contributed by atoms with Gasteiger partial charge in [-0.25, -0.2) is 8.42 Å². The fraction of sp³-hybridized carbons (Fsp3) is 0.278. The SMILES string of the molecule is CCc1ccccc1N(CC(=O)N(Cc1cccc(Cl)c1)C(Cc1ccccc1)C(=O)NC(C)(C)C)S(=O)(=O)c1ccccc1. The van der Waals surface area contributed by atoms with Crippen LogP contribution in [0.25, 0.3) is 0 Å². The Labute approximate surface area is 271 Å². The molecule has 0 fully saturated rings. The number of carbonyl (C=O) groups is 2. The summed E-state index contributed by atoms with van der Waals surface area (Å²) >= 11 is 6.32. The number of benzene rings is 4. The van der Waals surface area contributed by atoms with Crippen LogP contribution in [0.3, 0.4) is 0 Å². The number of aryl methyl sites for hydroxylation is 1. The maximum Gasteiger partial charge on any atom is 0.264 e. The first-order chi connectivity index (χ1) is 21.4. The zero-order valence-corrected chi connectivity index (χ0v) is 27.7. The van der Waals surface area contributed by atoms with Gasteiger partial charge in [0.2, 0.25) is 11.8 Å². The molecule has 0 heterocycles. The monoisotopic (exact) mass is 645 g/mol. The zero-order chi connectivity index (χ0) is 32.6. The summed E-state index contributed by atoms with van der Waals surface area (Å²) in [6.07, 6.45) is 0.786. The molecule has 4 rings (SSSR count). The molecule has 0 aliphatic rings. The van der Waals surface area contributed by atoms with Crippen LogP contribution < -0.4 is 9.62 Å². The van der Waals surface area contributed by atoms with Crippen LogP contribution in [0.15, 0.2) is 114 Å². The lowest BCUT2D eigenvalue weighted by Crippen LogP contribution is -2.56. The van der Waals surface area contributed by atoms with E-state index in [2.05, 4.69) is 5.32 Å². The second kappa shape index (κ2) is 14.8. The Hall–Kier alpha value is -4.14. The molecule has 4 aromatic rings. The highest BCUT2D eigenvalue weighted by molar-refractivity contribution is 7.92. The van der Waals surface area contributed by atoms with Gasteiger partial charge in [0.15, 0.2) is 0 Å². The highest BCUT2D eigenvalue weighted by atomic mass is 35.5. The quantitative estimate of drug-likeness (QED) is 0.187. The summed E-state index contributed by atoms with van der Waals surface area (Å²) in [5, 5.41) is 3.53. The third kappa shape index (κ3) is 8.96. The molecule has 0 aromatic heterocycles. The molecular formula is C36H40ClN3O4S. The normalized spacial score (nSPS) is 12.3. The predicted molar refractivity (Wildman–Crippen MR) is 181 cm³/mol. The second-order valence-corrected chi connectivity index (χ2v) is 14.2. The molecule has 1 unspecified atom stereocenters. The molecule has 0 radical (unpaired) electrons. The number of nitrogens with zero attached hydrogens (tertiary/aromatic N) is 2. The van der Waals surface area contributed by atoms with E-state index < -0.39 is 34.1 Å². The summed E-state index contributed by atoms with van der Waals surface area (Å²) in [6, 6.07) is 30.8. The van der Waals surface area contributed by atoms with Crippen LogP contribution in [0.5, 0.6) is 0 Å². The van der Waals surface area contributed by atoms with Gasteiger partial charge in [0.1, 0.15) is 12.6 Å². The van der Waals surface area contributed by atoms with E-state index in [-0.39, 0.29) is 23.8 Å². The molecule has 2 amide bonds. The van der Waals surface area contributed by atoms with Gasteiger partial charge in [-0.2, -0.15) is 0 Å². The van der Waals surface area contributed by atoms with E-state index in [1.807, 2.05) is 76.2 Å². The van der Waals surface area contributed by atoms with Crippen molar-refractivity contribution >= 4 is 39.1 Å². The summed E-state index contributed by atoms with van der Waals surface area (Å²) in [4.78, 5) is 30.1. The maximum absolute atomic E-state index is 14.6. The lowest BCUT2D eigenvalue weighted by Gasteiger charge is -2.35. The molecule has 0 aliphatic carbocycles. The van der Waals surface area contributed by atoms with Crippen LogP contribution in [0, 0.1) is 0 Å². The minimum atomic E-state index is -4.16. The van der Waals surface area contributed by atoms with Crippen molar-refractivity contribution in [3.8, 4) is 0 Å². The fourth-order valence-electron chi connectivity index (χ4n) is 5.12. The summed E-state index contributed by atoms with van der Waals surface area (Å²) < 4.78 is 29.6. The zero-order valence-electron chi connectivity index (χ0n) is 26.1. The number of hydrogen-bond donors (Lipinski definition) is 1. The van der Waals surface area contributed by atoms with Crippen molar-refractivity contribution < 1.29 is 18.0 Å². The van der Waals surface area contributed by atoms with Gasteiger partial charge in [-0.1, -0.05) is 97.4 Å². The second-order valence-electron chi connectivity index (χ2n) is 11.9. The number of anilines is 1. The number of amides is 2. The molecule has 0 saturated heterocycles. The third-order valence-corrected chi connectivity index (χ3v) is 9.27. The van der Waals surface area contributed by atoms with E-state index in [4.69, 9.17) is 11.6 Å². The standard InChI is InChI=1S/C36H40ClN3O4S/c1-5-29-18-12-13-22-32(29)40(45(43,44)31-20-10-7-11-21-31)26-34(41)39(25-28-17-14-19-30(37)23-28)33(35(42)38-36(2,3)4)24-27-15-8-6-9-16-27/h6-23,33H,5,24-26H2,1-4H3,(H,38,42). The van der Waals surface area contributed by atoms with E-state index in [1.165, 1.54) is 17.0 Å². The molecule has 0 spiro atoms. The van der Waals surface area contributed by atoms with Crippen molar-refractivity contribution in [2.24, 2.45) is 0 Å².